The van der Waals surface area contributed by atoms with Gasteiger partial charge in [0, 0.05) is 6.07 Å². The van der Waals surface area contributed by atoms with Gasteiger partial charge in [0.1, 0.15) is 11.6 Å². The Labute approximate surface area is 157 Å². The van der Waals surface area contributed by atoms with E-state index in [9.17, 15) is 18.4 Å². The van der Waals surface area contributed by atoms with E-state index < -0.39 is 35.7 Å². The van der Waals surface area contributed by atoms with Crippen LogP contribution in [-0.2, 0) is 16.0 Å². The Bertz CT molecular complexity index is 804. The summed E-state index contributed by atoms with van der Waals surface area (Å²) in [6, 6.07) is 10.2. The van der Waals surface area contributed by atoms with E-state index in [4.69, 9.17) is 4.74 Å². The Morgan fingerprint density at radius 1 is 1.04 bits per heavy atom. The summed E-state index contributed by atoms with van der Waals surface area (Å²) in [7, 11) is 0. The molecule has 0 spiro atoms. The summed E-state index contributed by atoms with van der Waals surface area (Å²) in [5.41, 5.74) is 1.73. The lowest BCUT2D eigenvalue weighted by molar-refractivity contribution is -0.124. The number of hydrogen-bond acceptors (Lipinski definition) is 3. The van der Waals surface area contributed by atoms with E-state index in [-0.39, 0.29) is 6.04 Å². The molecule has 0 aromatic heterocycles. The van der Waals surface area contributed by atoms with Gasteiger partial charge in [0.15, 0.2) is 6.61 Å². The number of carbonyl (C=O) groups is 2. The molecule has 0 aliphatic heterocycles. The smallest absolute Gasteiger partial charge is 0.341 e. The highest BCUT2D eigenvalue weighted by molar-refractivity contribution is 5.91. The van der Waals surface area contributed by atoms with Gasteiger partial charge in [0.2, 0.25) is 0 Å². The third-order valence-electron chi connectivity index (χ3n) is 3.99. The zero-order chi connectivity index (χ0) is 20.0. The monoisotopic (exact) mass is 375 g/mol. The molecule has 0 unspecified atom stereocenters. The summed E-state index contributed by atoms with van der Waals surface area (Å²) >= 11 is 0. The molecule has 0 radical (unpaired) electrons. The topological polar surface area (TPSA) is 55.4 Å². The van der Waals surface area contributed by atoms with Crippen molar-refractivity contribution in [2.45, 2.75) is 33.2 Å². The number of amides is 1. The maximum absolute atomic E-state index is 13.5. The van der Waals surface area contributed by atoms with Crippen molar-refractivity contribution in [1.82, 2.24) is 5.32 Å². The van der Waals surface area contributed by atoms with Crippen LogP contribution in [0.2, 0.25) is 0 Å². The van der Waals surface area contributed by atoms with E-state index in [1.165, 1.54) is 5.56 Å². The van der Waals surface area contributed by atoms with E-state index in [1.54, 1.807) is 0 Å². The summed E-state index contributed by atoms with van der Waals surface area (Å²) in [6.45, 7) is 5.56. The molecule has 2 rings (SSSR count). The normalized spacial score (nSPS) is 11.9. The first-order valence-electron chi connectivity index (χ1n) is 8.76. The maximum atomic E-state index is 13.5. The van der Waals surface area contributed by atoms with Gasteiger partial charge in [-0.25, -0.2) is 13.6 Å². The van der Waals surface area contributed by atoms with E-state index in [1.807, 2.05) is 31.2 Å². The highest BCUT2D eigenvalue weighted by Crippen LogP contribution is 2.16. The molecule has 0 aliphatic rings. The number of nitrogens with one attached hydrogen (secondary N) is 1. The van der Waals surface area contributed by atoms with Crippen molar-refractivity contribution in [2.24, 2.45) is 5.92 Å². The molecular formula is C21H23F2NO3. The predicted octanol–water partition coefficient (Wildman–Crippen LogP) is 4.20. The zero-order valence-electron chi connectivity index (χ0n) is 15.6. The summed E-state index contributed by atoms with van der Waals surface area (Å²) in [6.07, 6.45) is 0.983. The Hall–Kier alpha value is -2.76. The molecule has 6 heteroatoms. The van der Waals surface area contributed by atoms with Gasteiger partial charge >= 0.3 is 5.97 Å². The van der Waals surface area contributed by atoms with Gasteiger partial charge in [0.05, 0.1) is 11.6 Å². The van der Waals surface area contributed by atoms with Gasteiger partial charge in [0.25, 0.3) is 5.91 Å². The standard InChI is InChI=1S/C21H23F2NO3/c1-13(2)10-15-4-6-16(7-5-15)14(3)24-20(25)12-27-21(26)18-9-8-17(22)11-19(18)23/h4-9,11,13-14H,10,12H2,1-3H3,(H,24,25)/t14-/m0/s1. The lowest BCUT2D eigenvalue weighted by Gasteiger charge is -2.15. The molecule has 2 aromatic rings. The number of halogens is 2. The third-order valence-corrected chi connectivity index (χ3v) is 3.99. The van der Waals surface area contributed by atoms with Crippen LogP contribution in [0.15, 0.2) is 42.5 Å². The molecule has 0 bridgehead atoms. The van der Waals surface area contributed by atoms with Crippen LogP contribution in [0, 0.1) is 17.6 Å². The van der Waals surface area contributed by atoms with Crippen molar-refractivity contribution in [3.8, 4) is 0 Å². The number of esters is 1. The fourth-order valence-electron chi connectivity index (χ4n) is 2.64. The second-order valence-electron chi connectivity index (χ2n) is 6.83. The van der Waals surface area contributed by atoms with Gasteiger partial charge in [-0.1, -0.05) is 38.1 Å². The lowest BCUT2D eigenvalue weighted by Crippen LogP contribution is -2.31. The van der Waals surface area contributed by atoms with E-state index >= 15 is 0 Å². The van der Waals surface area contributed by atoms with Crippen molar-refractivity contribution in [3.05, 3.63) is 70.8 Å². The van der Waals surface area contributed by atoms with Gasteiger partial charge in [-0.05, 0) is 42.5 Å². The van der Waals surface area contributed by atoms with Crippen LogP contribution in [0.1, 0.15) is 48.3 Å². The summed E-state index contributed by atoms with van der Waals surface area (Å²) < 4.78 is 31.2. The largest absolute Gasteiger partial charge is 0.452 e. The maximum Gasteiger partial charge on any atom is 0.341 e. The third kappa shape index (κ3) is 6.16. The second kappa shape index (κ2) is 9.26. The van der Waals surface area contributed by atoms with Crippen LogP contribution < -0.4 is 5.32 Å². The number of hydrogen-bond donors (Lipinski definition) is 1. The molecule has 1 atom stereocenters. The molecular weight excluding hydrogens is 352 g/mol. The van der Waals surface area contributed by atoms with Gasteiger partial charge in [-0.3, -0.25) is 4.79 Å². The fraction of sp³-hybridized carbons (Fsp3) is 0.333. The van der Waals surface area contributed by atoms with Crippen molar-refractivity contribution >= 4 is 11.9 Å². The molecule has 1 amide bonds. The Morgan fingerprint density at radius 3 is 2.30 bits per heavy atom. The van der Waals surface area contributed by atoms with Crippen LogP contribution >= 0.6 is 0 Å². The average Bonchev–Trinajstić information content (AvgIpc) is 2.59. The Balaban J connectivity index is 1.86. The first kappa shape index (κ1) is 20.6. The first-order chi connectivity index (χ1) is 12.8. The second-order valence-corrected chi connectivity index (χ2v) is 6.83. The number of carbonyl (C=O) groups excluding carboxylic acids is 2. The highest BCUT2D eigenvalue weighted by Gasteiger charge is 2.16. The molecule has 144 valence electrons. The van der Waals surface area contributed by atoms with Crippen LogP contribution in [0.25, 0.3) is 0 Å². The predicted molar refractivity (Wildman–Crippen MR) is 98.2 cm³/mol. The van der Waals surface area contributed by atoms with Crippen molar-refractivity contribution in [2.75, 3.05) is 6.61 Å². The molecule has 4 nitrogen and oxygen atoms in total. The molecule has 0 aliphatic carbocycles. The SMILES string of the molecule is CC(C)Cc1ccc([C@H](C)NC(=O)COC(=O)c2ccc(F)cc2F)cc1. The minimum absolute atomic E-state index is 0.271. The van der Waals surface area contributed by atoms with E-state index in [0.717, 1.165) is 24.1 Å². The lowest BCUT2D eigenvalue weighted by atomic mass is 10.00. The number of ether oxygens (including phenoxy) is 1. The molecule has 0 saturated heterocycles. The molecule has 1 N–H and O–H groups in total. The van der Waals surface area contributed by atoms with E-state index in [2.05, 4.69) is 19.2 Å². The Morgan fingerprint density at radius 2 is 1.70 bits per heavy atom. The van der Waals surface area contributed by atoms with Crippen molar-refractivity contribution in [3.63, 3.8) is 0 Å². The molecule has 0 heterocycles. The van der Waals surface area contributed by atoms with Gasteiger partial charge < -0.3 is 10.1 Å². The minimum atomic E-state index is -1.03. The summed E-state index contributed by atoms with van der Waals surface area (Å²) in [5.74, 6) is -2.79. The molecule has 0 saturated carbocycles. The summed E-state index contributed by atoms with van der Waals surface area (Å²) in [4.78, 5) is 23.8. The number of benzene rings is 2. The number of rotatable bonds is 7. The van der Waals surface area contributed by atoms with Gasteiger partial charge in [-0.15, -0.1) is 0 Å². The van der Waals surface area contributed by atoms with E-state index in [0.29, 0.717) is 12.0 Å². The summed E-state index contributed by atoms with van der Waals surface area (Å²) in [5, 5.41) is 2.72. The zero-order valence-corrected chi connectivity index (χ0v) is 15.6. The minimum Gasteiger partial charge on any atom is -0.452 e. The van der Waals surface area contributed by atoms with Crippen LogP contribution in [0.5, 0.6) is 0 Å². The van der Waals surface area contributed by atoms with Crippen molar-refractivity contribution in [1.29, 1.82) is 0 Å². The van der Waals surface area contributed by atoms with Gasteiger partial charge in [-0.2, -0.15) is 0 Å². The fourth-order valence-corrected chi connectivity index (χ4v) is 2.64. The quantitative estimate of drug-likeness (QED) is 0.738. The first-order valence-corrected chi connectivity index (χ1v) is 8.76. The van der Waals surface area contributed by atoms with Crippen molar-refractivity contribution < 1.29 is 23.1 Å². The average molecular weight is 375 g/mol. The van der Waals surface area contributed by atoms with Crippen LogP contribution in [0.3, 0.4) is 0 Å². The Kier molecular flexibility index (Phi) is 7.05. The van der Waals surface area contributed by atoms with Crippen LogP contribution in [-0.4, -0.2) is 18.5 Å². The molecule has 27 heavy (non-hydrogen) atoms. The highest BCUT2D eigenvalue weighted by atomic mass is 19.1. The van der Waals surface area contributed by atoms with Crippen LogP contribution in [0.4, 0.5) is 8.78 Å². The molecule has 0 fully saturated rings. The molecule has 2 aromatic carbocycles.